The summed E-state index contributed by atoms with van der Waals surface area (Å²) < 4.78 is 10.3. The van der Waals surface area contributed by atoms with E-state index in [0.717, 1.165) is 18.7 Å². The van der Waals surface area contributed by atoms with Crippen molar-refractivity contribution < 1.29 is 13.9 Å². The molecule has 0 saturated carbocycles. The summed E-state index contributed by atoms with van der Waals surface area (Å²) in [5.41, 5.74) is -0.464. The molecule has 19 heavy (non-hydrogen) atoms. The van der Waals surface area contributed by atoms with Crippen molar-refractivity contribution in [3.05, 3.63) is 18.4 Å². The van der Waals surface area contributed by atoms with Gasteiger partial charge in [-0.2, -0.15) is 0 Å². The molecule has 1 aromatic heterocycles. The molecule has 6 nitrogen and oxygen atoms in total. The molecule has 0 aliphatic carbocycles. The summed E-state index contributed by atoms with van der Waals surface area (Å²) >= 11 is 0. The smallest absolute Gasteiger partial charge is 0.407 e. The number of carbonyl (C=O) groups excluding carboxylic acids is 1. The predicted octanol–water partition coefficient (Wildman–Crippen LogP) is 2.07. The number of rotatable bonds is 6. The lowest BCUT2D eigenvalue weighted by molar-refractivity contribution is 0.0506. The average Bonchev–Trinajstić information content (AvgIpc) is 2.74. The maximum atomic E-state index is 11.5. The summed E-state index contributed by atoms with van der Waals surface area (Å²) in [5.74, 6) is 0.799. The number of alkyl carbamates (subject to hydrolysis) is 1. The Balaban J connectivity index is 2.10. The number of aromatic nitrogens is 1. The second kappa shape index (κ2) is 7.13. The highest BCUT2D eigenvalue weighted by atomic mass is 16.6. The third-order valence-corrected chi connectivity index (χ3v) is 2.30. The van der Waals surface area contributed by atoms with Crippen LogP contribution in [0.2, 0.25) is 0 Å². The van der Waals surface area contributed by atoms with Gasteiger partial charge >= 0.3 is 6.09 Å². The minimum atomic E-state index is -0.464. The first-order chi connectivity index (χ1) is 8.87. The number of carbonyl (C=O) groups is 1. The lowest BCUT2D eigenvalue weighted by Crippen LogP contribution is -2.38. The highest BCUT2D eigenvalue weighted by molar-refractivity contribution is 5.67. The minimum Gasteiger partial charge on any atom is -0.447 e. The van der Waals surface area contributed by atoms with Gasteiger partial charge in [-0.3, -0.25) is 0 Å². The fourth-order valence-corrected chi connectivity index (χ4v) is 1.44. The third-order valence-electron chi connectivity index (χ3n) is 2.30. The minimum absolute atomic E-state index is 0.0528. The molecule has 1 rings (SSSR count). The van der Waals surface area contributed by atoms with Crippen molar-refractivity contribution >= 4 is 6.09 Å². The van der Waals surface area contributed by atoms with Crippen molar-refractivity contribution in [2.75, 3.05) is 6.54 Å². The molecule has 108 valence electrons. The average molecular weight is 269 g/mol. The highest BCUT2D eigenvalue weighted by Crippen LogP contribution is 2.07. The van der Waals surface area contributed by atoms with E-state index in [2.05, 4.69) is 15.6 Å². The fraction of sp³-hybridized carbons (Fsp3) is 0.692. The second-order valence-electron chi connectivity index (χ2n) is 5.48. The molecular weight excluding hydrogens is 246 g/mol. The van der Waals surface area contributed by atoms with E-state index in [4.69, 9.17) is 9.15 Å². The van der Waals surface area contributed by atoms with Crippen molar-refractivity contribution in [2.24, 2.45) is 0 Å². The van der Waals surface area contributed by atoms with E-state index in [-0.39, 0.29) is 12.1 Å². The van der Waals surface area contributed by atoms with Crippen LogP contribution in [-0.2, 0) is 11.3 Å². The monoisotopic (exact) mass is 269 g/mol. The molecular formula is C13H23N3O3. The van der Waals surface area contributed by atoms with E-state index in [0.29, 0.717) is 6.54 Å². The molecule has 0 aliphatic rings. The molecule has 0 aromatic carbocycles. The molecule has 2 N–H and O–H groups in total. The Bertz CT molecular complexity index is 371. The molecule has 0 bridgehead atoms. The van der Waals surface area contributed by atoms with Gasteiger partial charge in [0.25, 0.3) is 0 Å². The lowest BCUT2D eigenvalue weighted by atomic mass is 10.2. The van der Waals surface area contributed by atoms with Gasteiger partial charge in [-0.1, -0.05) is 0 Å². The number of hydrogen-bond acceptors (Lipinski definition) is 5. The molecule has 0 saturated heterocycles. The molecule has 6 heteroatoms. The van der Waals surface area contributed by atoms with E-state index < -0.39 is 5.60 Å². The van der Waals surface area contributed by atoms with E-state index >= 15 is 0 Å². The van der Waals surface area contributed by atoms with Crippen LogP contribution in [0, 0.1) is 0 Å². The van der Waals surface area contributed by atoms with Crippen LogP contribution in [0.4, 0.5) is 4.79 Å². The summed E-state index contributed by atoms with van der Waals surface area (Å²) in [5, 5.41) is 6.01. The maximum absolute atomic E-state index is 11.5. The lowest BCUT2D eigenvalue weighted by Gasteiger charge is -2.22. The Kier molecular flexibility index (Phi) is 5.82. The van der Waals surface area contributed by atoms with Crippen molar-refractivity contribution in [2.45, 2.75) is 52.3 Å². The largest absolute Gasteiger partial charge is 0.447 e. The number of amides is 1. The summed E-state index contributed by atoms with van der Waals surface area (Å²) in [6, 6.07) is 0.0528. The Morgan fingerprint density at radius 2 is 2.26 bits per heavy atom. The predicted molar refractivity (Wildman–Crippen MR) is 71.7 cm³/mol. The van der Waals surface area contributed by atoms with Crippen molar-refractivity contribution in [3.63, 3.8) is 0 Å². The highest BCUT2D eigenvalue weighted by Gasteiger charge is 2.17. The van der Waals surface area contributed by atoms with Crippen LogP contribution in [0.1, 0.15) is 39.9 Å². The van der Waals surface area contributed by atoms with Gasteiger partial charge in [0.05, 0.1) is 12.7 Å². The molecule has 1 atom stereocenters. The number of hydrogen-bond donors (Lipinski definition) is 2. The Labute approximate surface area is 113 Å². The maximum Gasteiger partial charge on any atom is 0.407 e. The zero-order valence-corrected chi connectivity index (χ0v) is 12.0. The van der Waals surface area contributed by atoms with Crippen LogP contribution in [0.3, 0.4) is 0 Å². The summed E-state index contributed by atoms with van der Waals surface area (Å²) in [7, 11) is 0. The van der Waals surface area contributed by atoms with Gasteiger partial charge in [0.2, 0.25) is 0 Å². The SMILES string of the molecule is CC(CCNCc1cnco1)NC(=O)OC(C)(C)C. The van der Waals surface area contributed by atoms with Gasteiger partial charge < -0.3 is 19.8 Å². The van der Waals surface area contributed by atoms with Crippen molar-refractivity contribution in [1.82, 2.24) is 15.6 Å². The molecule has 1 amide bonds. The zero-order valence-electron chi connectivity index (χ0n) is 12.0. The molecule has 0 aliphatic heterocycles. The Morgan fingerprint density at radius 3 is 2.84 bits per heavy atom. The summed E-state index contributed by atoms with van der Waals surface area (Å²) in [4.78, 5) is 15.3. The zero-order chi connectivity index (χ0) is 14.3. The molecule has 0 radical (unpaired) electrons. The molecule has 1 unspecified atom stereocenters. The third kappa shape index (κ3) is 7.46. The van der Waals surface area contributed by atoms with E-state index in [1.165, 1.54) is 6.39 Å². The summed E-state index contributed by atoms with van der Waals surface area (Å²) in [6.07, 6.45) is 3.52. The molecule has 0 spiro atoms. The number of oxazole rings is 1. The first-order valence-electron chi connectivity index (χ1n) is 6.44. The van der Waals surface area contributed by atoms with Gasteiger partial charge in [-0.05, 0) is 40.7 Å². The standard InChI is InChI=1S/C13H23N3O3/c1-10(16-12(17)19-13(2,3)4)5-6-14-7-11-8-15-9-18-11/h8-10,14H,5-7H2,1-4H3,(H,16,17). The van der Waals surface area contributed by atoms with Crippen LogP contribution < -0.4 is 10.6 Å². The van der Waals surface area contributed by atoms with Gasteiger partial charge in [-0.25, -0.2) is 9.78 Å². The van der Waals surface area contributed by atoms with Crippen LogP contribution in [-0.4, -0.2) is 29.3 Å². The first-order valence-corrected chi connectivity index (χ1v) is 6.44. The van der Waals surface area contributed by atoms with Gasteiger partial charge in [-0.15, -0.1) is 0 Å². The Hall–Kier alpha value is -1.56. The molecule has 1 aromatic rings. The quantitative estimate of drug-likeness (QED) is 0.773. The summed E-state index contributed by atoms with van der Waals surface area (Å²) in [6.45, 7) is 8.89. The fourth-order valence-electron chi connectivity index (χ4n) is 1.44. The molecule has 0 fully saturated rings. The van der Waals surface area contributed by atoms with Crippen LogP contribution in [0.25, 0.3) is 0 Å². The van der Waals surface area contributed by atoms with Gasteiger partial charge in [0.1, 0.15) is 11.4 Å². The number of ether oxygens (including phenoxy) is 1. The topological polar surface area (TPSA) is 76.4 Å². The van der Waals surface area contributed by atoms with E-state index in [1.807, 2.05) is 27.7 Å². The van der Waals surface area contributed by atoms with Gasteiger partial charge in [0.15, 0.2) is 6.39 Å². The van der Waals surface area contributed by atoms with Crippen molar-refractivity contribution in [1.29, 1.82) is 0 Å². The van der Waals surface area contributed by atoms with E-state index in [1.54, 1.807) is 6.20 Å². The van der Waals surface area contributed by atoms with Gasteiger partial charge in [0, 0.05) is 6.04 Å². The Morgan fingerprint density at radius 1 is 1.53 bits per heavy atom. The molecule has 1 heterocycles. The first kappa shape index (κ1) is 15.5. The second-order valence-corrected chi connectivity index (χ2v) is 5.48. The van der Waals surface area contributed by atoms with Crippen LogP contribution >= 0.6 is 0 Å². The van der Waals surface area contributed by atoms with E-state index in [9.17, 15) is 4.79 Å². The van der Waals surface area contributed by atoms with Crippen molar-refractivity contribution in [3.8, 4) is 0 Å². The number of nitrogens with zero attached hydrogens (tertiary/aromatic N) is 1. The number of nitrogens with one attached hydrogen (secondary N) is 2. The van der Waals surface area contributed by atoms with Crippen LogP contribution in [0.15, 0.2) is 17.0 Å². The van der Waals surface area contributed by atoms with Crippen LogP contribution in [0.5, 0.6) is 0 Å². The normalized spacial score (nSPS) is 13.1.